The molecule has 3 rings (SSSR count). The minimum absolute atomic E-state index is 0.0747. The van der Waals surface area contributed by atoms with E-state index in [1.807, 2.05) is 12.1 Å². The van der Waals surface area contributed by atoms with E-state index in [2.05, 4.69) is 5.32 Å². The Kier molecular flexibility index (Phi) is 3.88. The fourth-order valence-electron chi connectivity index (χ4n) is 2.71. The van der Waals surface area contributed by atoms with Gasteiger partial charge in [0.25, 0.3) is 0 Å². The quantitative estimate of drug-likeness (QED) is 0.796. The Morgan fingerprint density at radius 2 is 2.05 bits per heavy atom. The highest BCUT2D eigenvalue weighted by molar-refractivity contribution is 5.86. The van der Waals surface area contributed by atoms with E-state index < -0.39 is 5.54 Å². The van der Waals surface area contributed by atoms with Gasteiger partial charge in [-0.15, -0.1) is 0 Å². The first kappa shape index (κ1) is 14.0. The molecule has 6 nitrogen and oxygen atoms in total. The van der Waals surface area contributed by atoms with E-state index in [1.54, 1.807) is 6.07 Å². The van der Waals surface area contributed by atoms with E-state index in [-0.39, 0.29) is 12.7 Å². The molecule has 0 atom stereocenters. The second-order valence-corrected chi connectivity index (χ2v) is 5.48. The molecule has 6 heteroatoms. The highest BCUT2D eigenvalue weighted by atomic mass is 16.7. The molecular formula is C15H20N2O4. The molecule has 1 heterocycles. The van der Waals surface area contributed by atoms with Crippen LogP contribution in [0, 0.1) is 0 Å². The molecule has 2 aliphatic rings. The number of carbonyl (C=O) groups excluding carboxylic acids is 1. The number of benzene rings is 1. The van der Waals surface area contributed by atoms with Crippen LogP contribution in [0.2, 0.25) is 0 Å². The van der Waals surface area contributed by atoms with E-state index >= 15 is 0 Å². The maximum absolute atomic E-state index is 12.0. The van der Waals surface area contributed by atoms with E-state index in [1.165, 1.54) is 0 Å². The molecule has 1 fully saturated rings. The summed E-state index contributed by atoms with van der Waals surface area (Å²) >= 11 is 0. The predicted molar refractivity (Wildman–Crippen MR) is 76.5 cm³/mol. The third-order valence-electron chi connectivity index (χ3n) is 3.95. The van der Waals surface area contributed by atoms with Crippen LogP contribution in [0.1, 0.15) is 25.7 Å². The lowest BCUT2D eigenvalue weighted by Crippen LogP contribution is -2.52. The second-order valence-electron chi connectivity index (χ2n) is 5.48. The Labute approximate surface area is 123 Å². The molecule has 0 radical (unpaired) electrons. The molecule has 1 aliphatic carbocycles. The van der Waals surface area contributed by atoms with Gasteiger partial charge in [-0.1, -0.05) is 12.8 Å². The van der Waals surface area contributed by atoms with Gasteiger partial charge in [0, 0.05) is 6.07 Å². The van der Waals surface area contributed by atoms with Crippen molar-refractivity contribution in [2.24, 2.45) is 5.73 Å². The Morgan fingerprint density at radius 1 is 1.29 bits per heavy atom. The normalized spacial score (nSPS) is 18.5. The minimum atomic E-state index is -0.682. The predicted octanol–water partition coefficient (Wildman–Crippen LogP) is 1.18. The van der Waals surface area contributed by atoms with Crippen molar-refractivity contribution in [1.29, 1.82) is 0 Å². The number of ether oxygens (including phenoxy) is 3. The highest BCUT2D eigenvalue weighted by Gasteiger charge is 2.36. The van der Waals surface area contributed by atoms with Gasteiger partial charge in [0.1, 0.15) is 12.4 Å². The van der Waals surface area contributed by atoms with Crippen molar-refractivity contribution in [2.75, 3.05) is 19.9 Å². The lowest BCUT2D eigenvalue weighted by Gasteiger charge is -2.22. The fourth-order valence-corrected chi connectivity index (χ4v) is 2.71. The number of carbonyl (C=O) groups is 1. The molecule has 0 unspecified atom stereocenters. The third-order valence-corrected chi connectivity index (χ3v) is 3.95. The average molecular weight is 292 g/mol. The van der Waals surface area contributed by atoms with E-state index in [0.717, 1.165) is 31.4 Å². The zero-order valence-electron chi connectivity index (χ0n) is 11.9. The first-order chi connectivity index (χ1) is 10.2. The smallest absolute Gasteiger partial charge is 0.240 e. The van der Waals surface area contributed by atoms with Crippen LogP contribution >= 0.6 is 0 Å². The van der Waals surface area contributed by atoms with Crippen LogP contribution in [0.3, 0.4) is 0 Å². The topological polar surface area (TPSA) is 82.8 Å². The van der Waals surface area contributed by atoms with E-state index in [4.69, 9.17) is 19.9 Å². The number of hydrogen-bond acceptors (Lipinski definition) is 5. The Balaban J connectivity index is 1.43. The third kappa shape index (κ3) is 3.05. The molecule has 1 amide bonds. The van der Waals surface area contributed by atoms with E-state index in [0.29, 0.717) is 24.7 Å². The average Bonchev–Trinajstić information content (AvgIpc) is 3.12. The summed E-state index contributed by atoms with van der Waals surface area (Å²) < 4.78 is 16.1. The maximum atomic E-state index is 12.0. The van der Waals surface area contributed by atoms with Crippen LogP contribution in [-0.4, -0.2) is 31.4 Å². The number of hydrogen-bond donors (Lipinski definition) is 2. The molecule has 114 valence electrons. The first-order valence-electron chi connectivity index (χ1n) is 7.27. The molecule has 1 aromatic carbocycles. The van der Waals surface area contributed by atoms with Gasteiger partial charge in [-0.3, -0.25) is 4.79 Å². The van der Waals surface area contributed by atoms with E-state index in [9.17, 15) is 4.79 Å². The summed E-state index contributed by atoms with van der Waals surface area (Å²) in [5.74, 6) is 2.02. The summed E-state index contributed by atoms with van der Waals surface area (Å²) in [5, 5.41) is 2.84. The Hall–Kier alpha value is -1.95. The van der Waals surface area contributed by atoms with Gasteiger partial charge >= 0.3 is 0 Å². The van der Waals surface area contributed by atoms with Crippen LogP contribution in [-0.2, 0) is 4.79 Å². The number of nitrogens with two attached hydrogens (primary N) is 1. The summed E-state index contributed by atoms with van der Waals surface area (Å²) in [6, 6.07) is 5.41. The molecule has 3 N–H and O–H groups in total. The Bertz CT molecular complexity index is 526. The molecular weight excluding hydrogens is 272 g/mol. The number of fused-ring (bicyclic) bond motifs is 1. The summed E-state index contributed by atoms with van der Waals surface area (Å²) in [5.41, 5.74) is 5.39. The molecule has 0 bridgehead atoms. The van der Waals surface area contributed by atoms with Crippen molar-refractivity contribution in [3.63, 3.8) is 0 Å². The SMILES string of the molecule is NC1(C(=O)NCCOc2ccc3c(c2)OCO3)CCCC1. The van der Waals surface area contributed by atoms with Gasteiger partial charge in [0.05, 0.1) is 12.1 Å². The van der Waals surface area contributed by atoms with Gasteiger partial charge in [-0.05, 0) is 25.0 Å². The summed E-state index contributed by atoms with van der Waals surface area (Å²) in [6.45, 7) is 1.07. The summed E-state index contributed by atoms with van der Waals surface area (Å²) in [4.78, 5) is 12.0. The molecule has 0 spiro atoms. The van der Waals surface area contributed by atoms with Gasteiger partial charge in [0.2, 0.25) is 12.7 Å². The maximum Gasteiger partial charge on any atom is 0.240 e. The zero-order chi connectivity index (χ0) is 14.7. The van der Waals surface area contributed by atoms with Gasteiger partial charge in [-0.25, -0.2) is 0 Å². The highest BCUT2D eigenvalue weighted by Crippen LogP contribution is 2.35. The number of rotatable bonds is 5. The lowest BCUT2D eigenvalue weighted by atomic mass is 9.98. The van der Waals surface area contributed by atoms with Crippen molar-refractivity contribution < 1.29 is 19.0 Å². The molecule has 0 saturated heterocycles. The van der Waals surface area contributed by atoms with Crippen molar-refractivity contribution in [3.8, 4) is 17.2 Å². The Morgan fingerprint density at radius 3 is 2.86 bits per heavy atom. The van der Waals surface area contributed by atoms with Crippen LogP contribution in [0.5, 0.6) is 17.2 Å². The number of amides is 1. The number of nitrogens with one attached hydrogen (secondary N) is 1. The molecule has 1 aliphatic heterocycles. The monoisotopic (exact) mass is 292 g/mol. The summed E-state index contributed by atoms with van der Waals surface area (Å²) in [6.07, 6.45) is 3.58. The van der Waals surface area contributed by atoms with Gasteiger partial charge in [0.15, 0.2) is 11.5 Å². The van der Waals surface area contributed by atoms with Gasteiger partial charge < -0.3 is 25.3 Å². The molecule has 1 saturated carbocycles. The molecule has 21 heavy (non-hydrogen) atoms. The summed E-state index contributed by atoms with van der Waals surface area (Å²) in [7, 11) is 0. The lowest BCUT2D eigenvalue weighted by molar-refractivity contribution is -0.126. The van der Waals surface area contributed by atoms with Crippen LogP contribution in [0.4, 0.5) is 0 Å². The van der Waals surface area contributed by atoms with Crippen LogP contribution in [0.25, 0.3) is 0 Å². The van der Waals surface area contributed by atoms with Gasteiger partial charge in [-0.2, -0.15) is 0 Å². The fraction of sp³-hybridized carbons (Fsp3) is 0.533. The van der Waals surface area contributed by atoms with Crippen molar-refractivity contribution >= 4 is 5.91 Å². The molecule has 1 aromatic rings. The van der Waals surface area contributed by atoms with Crippen molar-refractivity contribution in [2.45, 2.75) is 31.2 Å². The minimum Gasteiger partial charge on any atom is -0.492 e. The zero-order valence-corrected chi connectivity index (χ0v) is 11.9. The molecule has 0 aromatic heterocycles. The first-order valence-corrected chi connectivity index (χ1v) is 7.27. The second kappa shape index (κ2) is 5.81. The van der Waals surface area contributed by atoms with Crippen molar-refractivity contribution in [3.05, 3.63) is 18.2 Å². The van der Waals surface area contributed by atoms with Crippen molar-refractivity contribution in [1.82, 2.24) is 5.32 Å². The largest absolute Gasteiger partial charge is 0.492 e. The standard InChI is InChI=1S/C15H20N2O4/c16-15(5-1-2-6-15)14(18)17-7-8-19-11-3-4-12-13(9-11)21-10-20-12/h3-4,9H,1-2,5-8,10,16H2,(H,17,18). The van der Waals surface area contributed by atoms with Crippen LogP contribution in [0.15, 0.2) is 18.2 Å². The van der Waals surface area contributed by atoms with Crippen LogP contribution < -0.4 is 25.3 Å².